The molecule has 0 saturated carbocycles. The molecule has 1 aliphatic heterocycles. The third-order valence-corrected chi connectivity index (χ3v) is 10.1. The standard InChI is InChI=1S/C27H26ClFN4O6S2/c28-24-5-6-25(40-24)41(37,38)16-19(34)13-17-1-4-23(21(29)14-17)33-26(35)20-3-2-18(15-22(20)31-27(33)36)30-7-8-32-9-11-39-12-10-32/h1-6,14-15,30H,7-13,16H2,(H,31,36). The fraction of sp³-hybridized carbons (Fsp3) is 0.296. The highest BCUT2D eigenvalue weighted by atomic mass is 35.5. The molecule has 1 fully saturated rings. The van der Waals surface area contributed by atoms with Crippen LogP contribution in [0.1, 0.15) is 5.56 Å². The number of benzene rings is 2. The summed E-state index contributed by atoms with van der Waals surface area (Å²) in [4.78, 5) is 43.4. The van der Waals surface area contributed by atoms with E-state index >= 15 is 4.39 Å². The Morgan fingerprint density at radius 2 is 1.88 bits per heavy atom. The minimum Gasteiger partial charge on any atom is -0.384 e. The Labute approximate surface area is 243 Å². The monoisotopic (exact) mass is 620 g/mol. The predicted molar refractivity (Wildman–Crippen MR) is 156 cm³/mol. The van der Waals surface area contributed by atoms with Crippen molar-refractivity contribution in [2.24, 2.45) is 0 Å². The number of nitrogens with one attached hydrogen (secondary N) is 2. The molecule has 5 rings (SSSR count). The van der Waals surface area contributed by atoms with Crippen LogP contribution >= 0.6 is 22.9 Å². The lowest BCUT2D eigenvalue weighted by Crippen LogP contribution is -2.39. The van der Waals surface area contributed by atoms with Crippen LogP contribution in [0.2, 0.25) is 4.34 Å². The van der Waals surface area contributed by atoms with Crippen LogP contribution in [0, 0.1) is 5.82 Å². The number of hydrogen-bond donors (Lipinski definition) is 2. The highest BCUT2D eigenvalue weighted by Gasteiger charge is 2.22. The smallest absolute Gasteiger partial charge is 0.333 e. The van der Waals surface area contributed by atoms with Crippen LogP contribution in [-0.2, 0) is 25.8 Å². The SMILES string of the molecule is O=C(Cc1ccc(-n2c(=O)[nH]c3cc(NCCN4CCOCC4)ccc3c2=O)c(F)c1)CS(=O)(=O)c1ccc(Cl)s1. The zero-order valence-corrected chi connectivity index (χ0v) is 24.1. The van der Waals surface area contributed by atoms with Crippen molar-refractivity contribution in [1.82, 2.24) is 14.5 Å². The average Bonchev–Trinajstić information content (AvgIpc) is 3.37. The maximum absolute atomic E-state index is 15.1. The Balaban J connectivity index is 1.31. The number of aromatic nitrogens is 2. The first-order valence-corrected chi connectivity index (χ1v) is 15.6. The van der Waals surface area contributed by atoms with Crippen LogP contribution in [0.5, 0.6) is 0 Å². The maximum atomic E-state index is 15.1. The lowest BCUT2D eigenvalue weighted by molar-refractivity contribution is -0.116. The molecule has 4 aromatic rings. The molecule has 1 saturated heterocycles. The first-order chi connectivity index (χ1) is 19.6. The highest BCUT2D eigenvalue weighted by molar-refractivity contribution is 7.94. The summed E-state index contributed by atoms with van der Waals surface area (Å²) in [5.74, 6) is -2.31. The molecule has 2 N–H and O–H groups in total. The van der Waals surface area contributed by atoms with Gasteiger partial charge in [0.25, 0.3) is 5.56 Å². The van der Waals surface area contributed by atoms with E-state index in [-0.39, 0.29) is 31.6 Å². The van der Waals surface area contributed by atoms with Crippen molar-refractivity contribution in [3.05, 3.63) is 85.1 Å². The minimum atomic E-state index is -3.88. The zero-order chi connectivity index (χ0) is 29.1. The van der Waals surface area contributed by atoms with Gasteiger partial charge >= 0.3 is 5.69 Å². The zero-order valence-electron chi connectivity index (χ0n) is 21.7. The summed E-state index contributed by atoms with van der Waals surface area (Å²) in [6, 6.07) is 11.3. The Bertz CT molecular complexity index is 1830. The number of morpholine rings is 1. The lowest BCUT2D eigenvalue weighted by atomic mass is 10.1. The molecular formula is C27H26ClFN4O6S2. The van der Waals surface area contributed by atoms with E-state index in [4.69, 9.17) is 16.3 Å². The number of thiophene rings is 1. The number of aromatic amines is 1. The van der Waals surface area contributed by atoms with E-state index in [0.29, 0.717) is 29.8 Å². The first-order valence-electron chi connectivity index (χ1n) is 12.7. The molecule has 216 valence electrons. The summed E-state index contributed by atoms with van der Waals surface area (Å²) in [6.07, 6.45) is -0.347. The third-order valence-electron chi connectivity index (χ3n) is 6.62. The molecule has 0 aliphatic carbocycles. The van der Waals surface area contributed by atoms with Crippen LogP contribution in [0.25, 0.3) is 16.6 Å². The number of carbonyl (C=O) groups excluding carboxylic acids is 1. The van der Waals surface area contributed by atoms with Crippen LogP contribution in [-0.4, -0.2) is 73.8 Å². The van der Waals surface area contributed by atoms with Crippen molar-refractivity contribution in [2.75, 3.05) is 50.5 Å². The normalized spacial score (nSPS) is 14.4. The number of ketones is 1. The summed E-state index contributed by atoms with van der Waals surface area (Å²) in [5.41, 5.74) is -0.577. The van der Waals surface area contributed by atoms with Gasteiger partial charge in [0.05, 0.1) is 34.1 Å². The number of halogens is 2. The highest BCUT2D eigenvalue weighted by Crippen LogP contribution is 2.26. The number of hydrogen-bond acceptors (Lipinski definition) is 9. The molecular weight excluding hydrogens is 595 g/mol. The van der Waals surface area contributed by atoms with Gasteiger partial charge in [0.1, 0.15) is 15.8 Å². The predicted octanol–water partition coefficient (Wildman–Crippen LogP) is 2.86. The van der Waals surface area contributed by atoms with Crippen molar-refractivity contribution in [2.45, 2.75) is 10.6 Å². The van der Waals surface area contributed by atoms with Gasteiger partial charge in [0.2, 0.25) is 0 Å². The molecule has 3 heterocycles. The Kier molecular flexibility index (Phi) is 8.71. The first kappa shape index (κ1) is 29.1. The second kappa shape index (κ2) is 12.2. The number of carbonyl (C=O) groups is 1. The van der Waals surface area contributed by atoms with Gasteiger partial charge in [0, 0.05) is 38.3 Å². The topological polar surface area (TPSA) is 131 Å². The Morgan fingerprint density at radius 1 is 1.10 bits per heavy atom. The van der Waals surface area contributed by atoms with Gasteiger partial charge in [-0.3, -0.25) is 14.5 Å². The second-order valence-corrected chi connectivity index (χ2v) is 13.5. The van der Waals surface area contributed by atoms with Gasteiger partial charge in [-0.05, 0) is 48.0 Å². The van der Waals surface area contributed by atoms with Crippen molar-refractivity contribution in [3.63, 3.8) is 0 Å². The molecule has 0 spiro atoms. The Morgan fingerprint density at radius 3 is 2.59 bits per heavy atom. The van der Waals surface area contributed by atoms with E-state index in [1.165, 1.54) is 24.3 Å². The molecule has 0 bridgehead atoms. The molecule has 0 radical (unpaired) electrons. The van der Waals surface area contributed by atoms with Gasteiger partial charge < -0.3 is 15.0 Å². The molecule has 41 heavy (non-hydrogen) atoms. The van der Waals surface area contributed by atoms with E-state index in [1.807, 2.05) is 0 Å². The molecule has 1 aliphatic rings. The summed E-state index contributed by atoms with van der Waals surface area (Å²) >= 11 is 6.64. The fourth-order valence-electron chi connectivity index (χ4n) is 4.60. The number of H-pyrrole nitrogens is 1. The van der Waals surface area contributed by atoms with E-state index in [0.717, 1.165) is 42.7 Å². The van der Waals surface area contributed by atoms with Gasteiger partial charge in [-0.1, -0.05) is 17.7 Å². The van der Waals surface area contributed by atoms with Crippen molar-refractivity contribution < 1.29 is 22.3 Å². The Hall–Kier alpha value is -3.36. The third kappa shape index (κ3) is 6.76. The summed E-state index contributed by atoms with van der Waals surface area (Å²) in [5, 5.41) is 3.48. The number of nitrogens with zero attached hydrogens (tertiary/aromatic N) is 2. The molecule has 2 aromatic carbocycles. The number of sulfone groups is 1. The summed E-state index contributed by atoms with van der Waals surface area (Å²) in [7, 11) is -3.88. The van der Waals surface area contributed by atoms with Crippen molar-refractivity contribution >= 4 is 55.1 Å². The van der Waals surface area contributed by atoms with Crippen LogP contribution < -0.4 is 16.6 Å². The largest absolute Gasteiger partial charge is 0.384 e. The van der Waals surface area contributed by atoms with Gasteiger partial charge in [0.15, 0.2) is 15.6 Å². The second-order valence-electron chi connectivity index (χ2n) is 9.53. The average molecular weight is 621 g/mol. The van der Waals surface area contributed by atoms with E-state index in [9.17, 15) is 22.8 Å². The van der Waals surface area contributed by atoms with Crippen LogP contribution in [0.3, 0.4) is 0 Å². The number of anilines is 1. The minimum absolute atomic E-state index is 0.0248. The molecule has 10 nitrogen and oxygen atoms in total. The van der Waals surface area contributed by atoms with Gasteiger partial charge in [-0.15, -0.1) is 11.3 Å². The molecule has 0 unspecified atom stereocenters. The molecule has 0 atom stereocenters. The molecule has 0 amide bonds. The van der Waals surface area contributed by atoms with Crippen LogP contribution in [0.4, 0.5) is 10.1 Å². The quantitative estimate of drug-likeness (QED) is 0.277. The van der Waals surface area contributed by atoms with E-state index in [1.54, 1.807) is 18.2 Å². The van der Waals surface area contributed by atoms with Crippen molar-refractivity contribution in [1.29, 1.82) is 0 Å². The maximum Gasteiger partial charge on any atom is 0.333 e. The number of rotatable bonds is 10. The fourth-order valence-corrected chi connectivity index (χ4v) is 7.41. The molecule has 14 heteroatoms. The number of ether oxygens (including phenoxy) is 1. The van der Waals surface area contributed by atoms with Crippen molar-refractivity contribution in [3.8, 4) is 5.69 Å². The van der Waals surface area contributed by atoms with Gasteiger partial charge in [-0.2, -0.15) is 0 Å². The summed E-state index contributed by atoms with van der Waals surface area (Å²) in [6.45, 7) is 4.64. The van der Waals surface area contributed by atoms with E-state index < -0.39 is 38.4 Å². The number of Topliss-reactive ketones (excluding diaryl/α,β-unsaturated/α-hetero) is 1. The lowest BCUT2D eigenvalue weighted by Gasteiger charge is -2.26. The van der Waals surface area contributed by atoms with Gasteiger partial charge in [-0.25, -0.2) is 22.2 Å². The van der Waals surface area contributed by atoms with Crippen LogP contribution in [0.15, 0.2) is 62.3 Å². The molecule has 2 aromatic heterocycles. The van der Waals surface area contributed by atoms with E-state index in [2.05, 4.69) is 15.2 Å². The summed E-state index contributed by atoms with van der Waals surface area (Å²) < 4.78 is 46.3. The number of fused-ring (bicyclic) bond motifs is 1.